The molecule has 1 aromatic heterocycles. The molecule has 0 bridgehead atoms. The molecular formula is C24H26N2OS. The summed E-state index contributed by atoms with van der Waals surface area (Å²) in [5.41, 5.74) is 3.66. The van der Waals surface area contributed by atoms with Crippen molar-refractivity contribution in [2.45, 2.75) is 32.4 Å². The highest BCUT2D eigenvalue weighted by Gasteiger charge is 2.30. The van der Waals surface area contributed by atoms with Crippen molar-refractivity contribution in [2.24, 2.45) is 0 Å². The molecule has 0 atom stereocenters. The van der Waals surface area contributed by atoms with Gasteiger partial charge in [-0.25, -0.2) is 0 Å². The number of amides is 1. The number of hydrogen-bond donors (Lipinski definition) is 0. The molecule has 1 fully saturated rings. The summed E-state index contributed by atoms with van der Waals surface area (Å²) in [6.45, 7) is 5.13. The molecule has 0 saturated carbocycles. The van der Waals surface area contributed by atoms with Crippen LogP contribution in [0.4, 0.5) is 5.69 Å². The van der Waals surface area contributed by atoms with Gasteiger partial charge in [-0.2, -0.15) is 0 Å². The van der Waals surface area contributed by atoms with Gasteiger partial charge in [-0.05, 0) is 48.9 Å². The van der Waals surface area contributed by atoms with Crippen LogP contribution in [0, 0.1) is 6.92 Å². The van der Waals surface area contributed by atoms with Crippen LogP contribution in [-0.2, 0) is 6.54 Å². The van der Waals surface area contributed by atoms with E-state index >= 15 is 0 Å². The summed E-state index contributed by atoms with van der Waals surface area (Å²) in [4.78, 5) is 18.6. The lowest BCUT2D eigenvalue weighted by Crippen LogP contribution is -2.47. The van der Waals surface area contributed by atoms with Crippen LogP contribution in [0.1, 0.15) is 33.6 Å². The molecule has 28 heavy (non-hydrogen) atoms. The molecule has 1 aliphatic rings. The topological polar surface area (TPSA) is 23.6 Å². The second kappa shape index (κ2) is 8.72. The van der Waals surface area contributed by atoms with Gasteiger partial charge in [0.25, 0.3) is 5.91 Å². The second-order valence-corrected chi connectivity index (χ2v) is 8.43. The highest BCUT2D eigenvalue weighted by Crippen LogP contribution is 2.27. The van der Waals surface area contributed by atoms with Crippen LogP contribution in [0.15, 0.2) is 72.1 Å². The highest BCUT2D eigenvalue weighted by atomic mass is 32.1. The van der Waals surface area contributed by atoms with E-state index < -0.39 is 0 Å². The number of thiophene rings is 1. The number of para-hydroxylation sites is 1. The zero-order valence-corrected chi connectivity index (χ0v) is 17.1. The van der Waals surface area contributed by atoms with Crippen LogP contribution in [0.25, 0.3) is 0 Å². The Labute approximate surface area is 171 Å². The molecule has 3 aromatic rings. The smallest absolute Gasteiger partial charge is 0.268 e. The monoisotopic (exact) mass is 390 g/mol. The molecular weight excluding hydrogens is 364 g/mol. The molecule has 0 aliphatic carbocycles. The van der Waals surface area contributed by atoms with Crippen LogP contribution in [0.2, 0.25) is 0 Å². The number of piperidine rings is 1. The average molecular weight is 391 g/mol. The molecule has 4 rings (SSSR count). The highest BCUT2D eigenvalue weighted by molar-refractivity contribution is 7.12. The first kappa shape index (κ1) is 18.9. The van der Waals surface area contributed by atoms with Crippen LogP contribution < -0.4 is 4.90 Å². The van der Waals surface area contributed by atoms with Gasteiger partial charge in [-0.1, -0.05) is 54.1 Å². The zero-order valence-electron chi connectivity index (χ0n) is 16.3. The number of benzene rings is 2. The number of aryl methyl sites for hydroxylation is 1. The SMILES string of the molecule is Cc1ccc(CN2CCC(N(C(=O)c3cccs3)c3ccccc3)CC2)cc1. The summed E-state index contributed by atoms with van der Waals surface area (Å²) in [5, 5.41) is 1.97. The predicted molar refractivity (Wildman–Crippen MR) is 117 cm³/mol. The molecule has 2 heterocycles. The lowest BCUT2D eigenvalue weighted by molar-refractivity contribution is 0.0962. The Morgan fingerprint density at radius 1 is 1.00 bits per heavy atom. The minimum Gasteiger partial charge on any atom is -0.305 e. The van der Waals surface area contributed by atoms with Gasteiger partial charge in [-0.15, -0.1) is 11.3 Å². The van der Waals surface area contributed by atoms with Crippen LogP contribution in [0.3, 0.4) is 0 Å². The molecule has 1 amide bonds. The molecule has 0 radical (unpaired) electrons. The Morgan fingerprint density at radius 2 is 1.71 bits per heavy atom. The predicted octanol–water partition coefficient (Wildman–Crippen LogP) is 5.37. The molecule has 0 unspecified atom stereocenters. The van der Waals surface area contributed by atoms with E-state index in [4.69, 9.17) is 0 Å². The summed E-state index contributed by atoms with van der Waals surface area (Å²) in [6, 6.07) is 23.0. The summed E-state index contributed by atoms with van der Waals surface area (Å²) in [5.74, 6) is 0.123. The molecule has 4 heteroatoms. The van der Waals surface area contributed by atoms with Crippen molar-refractivity contribution >= 4 is 22.9 Å². The Bertz CT molecular complexity index is 882. The Balaban J connectivity index is 1.46. The van der Waals surface area contributed by atoms with Gasteiger partial charge < -0.3 is 4.90 Å². The van der Waals surface area contributed by atoms with E-state index in [9.17, 15) is 4.79 Å². The summed E-state index contributed by atoms with van der Waals surface area (Å²) < 4.78 is 0. The lowest BCUT2D eigenvalue weighted by atomic mass is 10.0. The number of carbonyl (C=O) groups is 1. The minimum atomic E-state index is 0.123. The molecule has 3 nitrogen and oxygen atoms in total. The third-order valence-corrected chi connectivity index (χ3v) is 6.29. The number of hydrogen-bond acceptors (Lipinski definition) is 3. The number of nitrogens with zero attached hydrogens (tertiary/aromatic N) is 2. The van der Waals surface area contributed by atoms with Gasteiger partial charge in [0.15, 0.2) is 0 Å². The standard InChI is InChI=1S/C24H26N2OS/c1-19-9-11-20(12-10-19)18-25-15-13-22(14-16-25)26(21-6-3-2-4-7-21)24(27)23-8-5-17-28-23/h2-12,17,22H,13-16,18H2,1H3. The van der Waals surface area contributed by atoms with Gasteiger partial charge in [0, 0.05) is 31.4 Å². The maximum Gasteiger partial charge on any atom is 0.268 e. The first-order valence-electron chi connectivity index (χ1n) is 9.91. The van der Waals surface area contributed by atoms with Gasteiger partial charge in [0.2, 0.25) is 0 Å². The van der Waals surface area contributed by atoms with E-state index in [-0.39, 0.29) is 11.9 Å². The number of likely N-dealkylation sites (tertiary alicyclic amines) is 1. The van der Waals surface area contributed by atoms with Crippen molar-refractivity contribution in [2.75, 3.05) is 18.0 Å². The summed E-state index contributed by atoms with van der Waals surface area (Å²) in [7, 11) is 0. The molecule has 0 spiro atoms. The van der Waals surface area contributed by atoms with E-state index in [1.54, 1.807) is 0 Å². The van der Waals surface area contributed by atoms with Gasteiger partial charge in [-0.3, -0.25) is 9.69 Å². The van der Waals surface area contributed by atoms with Crippen molar-refractivity contribution in [1.82, 2.24) is 4.90 Å². The minimum absolute atomic E-state index is 0.123. The van der Waals surface area contributed by atoms with Crippen molar-refractivity contribution in [1.29, 1.82) is 0 Å². The lowest BCUT2D eigenvalue weighted by Gasteiger charge is -2.38. The van der Waals surface area contributed by atoms with E-state index in [0.717, 1.165) is 43.0 Å². The quantitative estimate of drug-likeness (QED) is 0.585. The van der Waals surface area contributed by atoms with E-state index in [1.807, 2.05) is 52.7 Å². The Morgan fingerprint density at radius 3 is 2.36 bits per heavy atom. The normalized spacial score (nSPS) is 15.5. The third-order valence-electron chi connectivity index (χ3n) is 5.43. The van der Waals surface area contributed by atoms with Crippen molar-refractivity contribution in [3.63, 3.8) is 0 Å². The fourth-order valence-corrected chi connectivity index (χ4v) is 4.55. The largest absolute Gasteiger partial charge is 0.305 e. The van der Waals surface area contributed by atoms with E-state index in [1.165, 1.54) is 22.5 Å². The maximum atomic E-state index is 13.2. The Kier molecular flexibility index (Phi) is 5.89. The molecule has 1 aliphatic heterocycles. The van der Waals surface area contributed by atoms with Crippen molar-refractivity contribution in [3.8, 4) is 0 Å². The van der Waals surface area contributed by atoms with Crippen molar-refractivity contribution < 1.29 is 4.79 Å². The van der Waals surface area contributed by atoms with E-state index in [2.05, 4.69) is 36.1 Å². The molecule has 144 valence electrons. The first-order chi connectivity index (χ1) is 13.7. The first-order valence-corrected chi connectivity index (χ1v) is 10.8. The number of rotatable bonds is 5. The van der Waals surface area contributed by atoms with Crippen LogP contribution >= 0.6 is 11.3 Å². The van der Waals surface area contributed by atoms with Crippen LogP contribution in [0.5, 0.6) is 0 Å². The zero-order chi connectivity index (χ0) is 19.3. The molecule has 1 saturated heterocycles. The van der Waals surface area contributed by atoms with Gasteiger partial charge >= 0.3 is 0 Å². The number of anilines is 1. The fourth-order valence-electron chi connectivity index (χ4n) is 3.89. The Hall–Kier alpha value is -2.43. The molecule has 0 N–H and O–H groups in total. The molecule has 2 aromatic carbocycles. The average Bonchev–Trinajstić information content (AvgIpc) is 3.27. The van der Waals surface area contributed by atoms with Crippen LogP contribution in [-0.4, -0.2) is 29.9 Å². The second-order valence-electron chi connectivity index (χ2n) is 7.48. The van der Waals surface area contributed by atoms with Gasteiger partial charge in [0.1, 0.15) is 0 Å². The fraction of sp³-hybridized carbons (Fsp3) is 0.292. The van der Waals surface area contributed by atoms with Crippen molar-refractivity contribution in [3.05, 3.63) is 88.1 Å². The summed E-state index contributed by atoms with van der Waals surface area (Å²) in [6.07, 6.45) is 2.00. The van der Waals surface area contributed by atoms with E-state index in [0.29, 0.717) is 0 Å². The maximum absolute atomic E-state index is 13.2. The van der Waals surface area contributed by atoms with Gasteiger partial charge in [0.05, 0.1) is 4.88 Å². The summed E-state index contributed by atoms with van der Waals surface area (Å²) >= 11 is 1.52. The third kappa shape index (κ3) is 4.34. The number of carbonyl (C=O) groups excluding carboxylic acids is 1.